The van der Waals surface area contributed by atoms with Gasteiger partial charge in [0.2, 0.25) is 10.0 Å². The van der Waals surface area contributed by atoms with Gasteiger partial charge in [0.25, 0.3) is 6.47 Å². The Kier molecular flexibility index (Phi) is 8.40. The summed E-state index contributed by atoms with van der Waals surface area (Å²) in [7, 11) is -3.80. The minimum absolute atomic E-state index is 0.00889. The van der Waals surface area contributed by atoms with Crippen LogP contribution < -0.4 is 4.74 Å². The van der Waals surface area contributed by atoms with E-state index >= 15 is 0 Å². The zero-order chi connectivity index (χ0) is 27.6. The zero-order valence-electron chi connectivity index (χ0n) is 22.3. The van der Waals surface area contributed by atoms with E-state index < -0.39 is 16.1 Å². The predicted molar refractivity (Wildman–Crippen MR) is 147 cm³/mol. The molecule has 202 valence electrons. The molecule has 0 bridgehead atoms. The number of Topliss-reactive ketones (excluding diaryl/α,β-unsaturated/α-hetero) is 1. The Bertz CT molecular complexity index is 1440. The molecule has 0 aliphatic carbocycles. The molecule has 38 heavy (non-hydrogen) atoms. The molecule has 2 aromatic carbocycles. The Morgan fingerprint density at radius 2 is 1.92 bits per heavy atom. The first kappa shape index (κ1) is 28.0. The van der Waals surface area contributed by atoms with Gasteiger partial charge < -0.3 is 9.47 Å². The predicted octanol–water partition coefficient (Wildman–Crippen LogP) is 5.62. The summed E-state index contributed by atoms with van der Waals surface area (Å²) in [6, 6.07) is 14.6. The van der Waals surface area contributed by atoms with Crippen LogP contribution in [0.25, 0.3) is 0 Å². The van der Waals surface area contributed by atoms with Crippen molar-refractivity contribution in [2.45, 2.75) is 70.6 Å². The highest BCUT2D eigenvalue weighted by Gasteiger charge is 2.35. The largest absolute Gasteiger partial charge is 0.488 e. The maximum atomic E-state index is 13.7. The molecule has 0 saturated heterocycles. The van der Waals surface area contributed by atoms with Gasteiger partial charge >= 0.3 is 0 Å². The van der Waals surface area contributed by atoms with Gasteiger partial charge in [-0.25, -0.2) is 8.42 Å². The van der Waals surface area contributed by atoms with Gasteiger partial charge in [0.15, 0.2) is 5.78 Å². The van der Waals surface area contributed by atoms with Crippen molar-refractivity contribution in [1.29, 1.82) is 0 Å². The molecule has 0 spiro atoms. The van der Waals surface area contributed by atoms with Crippen molar-refractivity contribution in [3.8, 4) is 5.75 Å². The molecule has 2 unspecified atom stereocenters. The maximum absolute atomic E-state index is 13.7. The number of carbonyl (C=O) groups is 2. The second kappa shape index (κ2) is 11.4. The number of carbonyl (C=O) groups excluding carboxylic acids is 2. The van der Waals surface area contributed by atoms with E-state index in [1.54, 1.807) is 31.2 Å². The summed E-state index contributed by atoms with van der Waals surface area (Å²) in [6.45, 7) is 10.0. The molecule has 2 heterocycles. The Labute approximate surface area is 228 Å². The van der Waals surface area contributed by atoms with Crippen LogP contribution in [0.15, 0.2) is 53.4 Å². The van der Waals surface area contributed by atoms with E-state index in [2.05, 4.69) is 0 Å². The van der Waals surface area contributed by atoms with E-state index in [4.69, 9.17) is 9.47 Å². The van der Waals surface area contributed by atoms with Gasteiger partial charge in [-0.15, -0.1) is 11.3 Å². The van der Waals surface area contributed by atoms with E-state index in [1.165, 1.54) is 15.6 Å². The Balaban J connectivity index is 1.76. The molecule has 3 atom stereocenters. The van der Waals surface area contributed by atoms with Gasteiger partial charge in [0, 0.05) is 11.4 Å². The average molecular weight is 556 g/mol. The number of thiophene rings is 1. The highest BCUT2D eigenvalue weighted by molar-refractivity contribution is 7.89. The molecule has 7 nitrogen and oxygen atoms in total. The van der Waals surface area contributed by atoms with Crippen molar-refractivity contribution in [3.63, 3.8) is 0 Å². The first-order chi connectivity index (χ1) is 18.1. The quantitative estimate of drug-likeness (QED) is 0.251. The number of hydrogen-bond donors (Lipinski definition) is 0. The molecule has 3 aromatic rings. The topological polar surface area (TPSA) is 90.0 Å². The van der Waals surface area contributed by atoms with E-state index in [-0.39, 0.29) is 35.8 Å². The van der Waals surface area contributed by atoms with Crippen molar-refractivity contribution < 1.29 is 27.5 Å². The van der Waals surface area contributed by atoms with Crippen LogP contribution in [0.3, 0.4) is 0 Å². The molecule has 0 saturated carbocycles. The SMILES string of the molecule is CC[C@@H]1CN(Cc2cc(C(c3cc(C)c(C(C)=O)s3)C(C)OC=O)ccc2C)S(=O)(=O)c2ccccc2O1. The number of para-hydroxylation sites is 1. The monoisotopic (exact) mass is 555 g/mol. The summed E-state index contributed by atoms with van der Waals surface area (Å²) in [5.74, 6) is 0.0523. The number of rotatable bonds is 9. The summed E-state index contributed by atoms with van der Waals surface area (Å²) in [6.07, 6.45) is -0.101. The molecule has 1 aromatic heterocycles. The second-order valence-corrected chi connectivity index (χ2v) is 12.7. The molecule has 0 amide bonds. The molecule has 1 aliphatic heterocycles. The minimum Gasteiger partial charge on any atom is -0.488 e. The standard InChI is InChI=1S/C29H33NO6S2/c1-6-24-16-30(38(33,34)27-10-8-7-9-25(27)36-24)15-23-14-22(12-11-18(23)2)28(21(5)35-17-31)26-13-19(3)29(37-26)20(4)32/h7-14,17,21,24,28H,6,15-16H2,1-5H3/t21?,24-,28?/m1/s1. The van der Waals surface area contributed by atoms with Crippen LogP contribution in [-0.2, 0) is 26.1 Å². The molecule has 9 heteroatoms. The number of aryl methyl sites for hydroxylation is 2. The number of fused-ring (bicyclic) bond motifs is 1. The van der Waals surface area contributed by atoms with Crippen molar-refractivity contribution in [3.05, 3.63) is 80.5 Å². The third-order valence-corrected chi connectivity index (χ3v) is 10.3. The van der Waals surface area contributed by atoms with Gasteiger partial charge in [0.1, 0.15) is 22.9 Å². The van der Waals surface area contributed by atoms with Crippen molar-refractivity contribution in [2.75, 3.05) is 6.54 Å². The van der Waals surface area contributed by atoms with Crippen LogP contribution >= 0.6 is 11.3 Å². The fraction of sp³-hybridized carbons (Fsp3) is 0.379. The molecular weight excluding hydrogens is 522 g/mol. The highest BCUT2D eigenvalue weighted by Crippen LogP contribution is 2.38. The van der Waals surface area contributed by atoms with Gasteiger partial charge in [0.05, 0.1) is 17.3 Å². The average Bonchev–Trinajstić information content (AvgIpc) is 3.21. The molecule has 0 N–H and O–H groups in total. The summed E-state index contributed by atoms with van der Waals surface area (Å²) in [5, 5.41) is 0. The van der Waals surface area contributed by atoms with Gasteiger partial charge in [-0.05, 0) is 74.6 Å². The van der Waals surface area contributed by atoms with Gasteiger partial charge in [-0.3, -0.25) is 9.59 Å². The molecule has 0 fully saturated rings. The highest BCUT2D eigenvalue weighted by atomic mass is 32.2. The number of hydrogen-bond acceptors (Lipinski definition) is 7. The Morgan fingerprint density at radius 1 is 1.18 bits per heavy atom. The van der Waals surface area contributed by atoms with Crippen molar-refractivity contribution >= 4 is 33.6 Å². The fourth-order valence-corrected chi connectivity index (χ4v) is 7.75. The fourth-order valence-electron chi connectivity index (χ4n) is 4.89. The van der Waals surface area contributed by atoms with E-state index in [1.807, 2.05) is 52.0 Å². The normalized spacial score (nSPS) is 18.5. The van der Waals surface area contributed by atoms with E-state index in [9.17, 15) is 18.0 Å². The van der Waals surface area contributed by atoms with Crippen LogP contribution in [0.4, 0.5) is 0 Å². The molecule has 1 aliphatic rings. The van der Waals surface area contributed by atoms with Crippen LogP contribution in [-0.4, -0.2) is 43.7 Å². The number of nitrogens with zero attached hydrogens (tertiary/aromatic N) is 1. The van der Waals surface area contributed by atoms with E-state index in [0.717, 1.165) is 27.1 Å². The lowest BCUT2D eigenvalue weighted by Gasteiger charge is -2.26. The number of sulfonamides is 1. The smallest absolute Gasteiger partial charge is 0.293 e. The lowest BCUT2D eigenvalue weighted by molar-refractivity contribution is -0.133. The third kappa shape index (κ3) is 5.55. The lowest BCUT2D eigenvalue weighted by Crippen LogP contribution is -2.36. The summed E-state index contributed by atoms with van der Waals surface area (Å²) in [4.78, 5) is 25.1. The summed E-state index contributed by atoms with van der Waals surface area (Å²) in [5.41, 5.74) is 3.56. The molecular formula is C29H33NO6S2. The Morgan fingerprint density at radius 3 is 2.58 bits per heavy atom. The summed E-state index contributed by atoms with van der Waals surface area (Å²) >= 11 is 1.40. The number of ether oxygens (including phenoxy) is 2. The van der Waals surface area contributed by atoms with Crippen LogP contribution in [0.2, 0.25) is 0 Å². The van der Waals surface area contributed by atoms with Crippen LogP contribution in [0, 0.1) is 13.8 Å². The second-order valence-electron chi connectivity index (χ2n) is 9.71. The number of ketones is 1. The van der Waals surface area contributed by atoms with Crippen LogP contribution in [0.1, 0.15) is 69.9 Å². The third-order valence-electron chi connectivity index (χ3n) is 7.00. The Hall–Kier alpha value is -3.01. The van der Waals surface area contributed by atoms with Gasteiger partial charge in [-0.2, -0.15) is 4.31 Å². The first-order valence-corrected chi connectivity index (χ1v) is 14.9. The zero-order valence-corrected chi connectivity index (χ0v) is 23.9. The van der Waals surface area contributed by atoms with Crippen LogP contribution in [0.5, 0.6) is 5.75 Å². The first-order valence-electron chi connectivity index (χ1n) is 12.6. The molecule has 0 radical (unpaired) electrons. The summed E-state index contributed by atoms with van der Waals surface area (Å²) < 4.78 is 40.3. The lowest BCUT2D eigenvalue weighted by atomic mass is 9.89. The van der Waals surface area contributed by atoms with Crippen molar-refractivity contribution in [1.82, 2.24) is 4.31 Å². The minimum atomic E-state index is -3.80. The van der Waals surface area contributed by atoms with Gasteiger partial charge in [-0.1, -0.05) is 37.3 Å². The maximum Gasteiger partial charge on any atom is 0.293 e. The van der Waals surface area contributed by atoms with E-state index in [0.29, 0.717) is 23.5 Å². The number of benzene rings is 2. The van der Waals surface area contributed by atoms with Crippen molar-refractivity contribution in [2.24, 2.45) is 0 Å². The molecule has 4 rings (SSSR count).